The van der Waals surface area contributed by atoms with Crippen LogP contribution < -0.4 is 5.32 Å². The van der Waals surface area contributed by atoms with Gasteiger partial charge >= 0.3 is 5.97 Å². The molecule has 0 aromatic carbocycles. The predicted octanol–water partition coefficient (Wildman–Crippen LogP) is 3.29. The van der Waals surface area contributed by atoms with Crippen LogP contribution in [0.2, 0.25) is 0 Å². The maximum absolute atomic E-state index is 10.5. The molecule has 3 nitrogen and oxygen atoms in total. The molecule has 102 valence electrons. The van der Waals surface area contributed by atoms with Gasteiger partial charge in [-0.3, -0.25) is 4.79 Å². The van der Waals surface area contributed by atoms with Crippen molar-refractivity contribution < 1.29 is 9.90 Å². The third-order valence-corrected chi connectivity index (χ3v) is 3.58. The number of carboxylic acid groups (broad SMARTS) is 1. The van der Waals surface area contributed by atoms with E-state index in [2.05, 4.69) is 33.0 Å². The molecular formula is C14H29NO2. The summed E-state index contributed by atoms with van der Waals surface area (Å²) in [6.07, 6.45) is 4.53. The molecule has 0 aliphatic carbocycles. The fourth-order valence-corrected chi connectivity index (χ4v) is 1.88. The largest absolute Gasteiger partial charge is 0.481 e. The first-order valence-corrected chi connectivity index (χ1v) is 6.83. The van der Waals surface area contributed by atoms with E-state index in [1.54, 1.807) is 0 Å². The number of hydrogen-bond acceptors (Lipinski definition) is 2. The Balaban J connectivity index is 3.67. The minimum atomic E-state index is -0.692. The standard InChI is InChI=1S/C14H29NO2/c1-5-12(6-2)11-15-10-9-14(3,4)8-7-13(16)17/h12,15H,5-11H2,1-4H3,(H,16,17). The minimum Gasteiger partial charge on any atom is -0.481 e. The predicted molar refractivity (Wildman–Crippen MR) is 72.2 cm³/mol. The van der Waals surface area contributed by atoms with Crippen LogP contribution in [-0.2, 0) is 4.79 Å². The maximum atomic E-state index is 10.5. The minimum absolute atomic E-state index is 0.124. The van der Waals surface area contributed by atoms with Gasteiger partial charge < -0.3 is 10.4 Å². The zero-order valence-electron chi connectivity index (χ0n) is 11.9. The van der Waals surface area contributed by atoms with E-state index in [1.165, 1.54) is 12.8 Å². The lowest BCUT2D eigenvalue weighted by Crippen LogP contribution is -2.27. The average Bonchev–Trinajstić information content (AvgIpc) is 2.27. The highest BCUT2D eigenvalue weighted by Crippen LogP contribution is 2.26. The highest BCUT2D eigenvalue weighted by Gasteiger charge is 2.18. The van der Waals surface area contributed by atoms with Gasteiger partial charge in [-0.05, 0) is 37.3 Å². The van der Waals surface area contributed by atoms with Crippen molar-refractivity contribution in [2.24, 2.45) is 11.3 Å². The van der Waals surface area contributed by atoms with Crippen LogP contribution in [0.25, 0.3) is 0 Å². The molecule has 0 radical (unpaired) electrons. The molecule has 0 amide bonds. The van der Waals surface area contributed by atoms with E-state index in [0.717, 1.165) is 31.8 Å². The Morgan fingerprint density at radius 2 is 1.82 bits per heavy atom. The van der Waals surface area contributed by atoms with Crippen molar-refractivity contribution in [3.8, 4) is 0 Å². The van der Waals surface area contributed by atoms with Gasteiger partial charge in [-0.25, -0.2) is 0 Å². The molecule has 0 saturated heterocycles. The molecule has 0 bridgehead atoms. The van der Waals surface area contributed by atoms with Crippen LogP contribution in [-0.4, -0.2) is 24.2 Å². The number of rotatable bonds is 10. The molecule has 0 aliphatic heterocycles. The lowest BCUT2D eigenvalue weighted by atomic mass is 9.84. The van der Waals surface area contributed by atoms with Crippen molar-refractivity contribution in [1.82, 2.24) is 5.32 Å². The van der Waals surface area contributed by atoms with E-state index in [0.29, 0.717) is 0 Å². The Morgan fingerprint density at radius 3 is 2.29 bits per heavy atom. The molecule has 3 heteroatoms. The molecule has 0 spiro atoms. The van der Waals surface area contributed by atoms with Crippen LogP contribution >= 0.6 is 0 Å². The molecule has 0 aromatic heterocycles. The highest BCUT2D eigenvalue weighted by molar-refractivity contribution is 5.66. The Kier molecular flexibility index (Phi) is 8.23. The first-order chi connectivity index (χ1) is 7.91. The first-order valence-electron chi connectivity index (χ1n) is 6.83. The second-order valence-electron chi connectivity index (χ2n) is 5.69. The van der Waals surface area contributed by atoms with Gasteiger partial charge in [0, 0.05) is 6.42 Å². The van der Waals surface area contributed by atoms with Crippen molar-refractivity contribution in [2.75, 3.05) is 13.1 Å². The lowest BCUT2D eigenvalue weighted by molar-refractivity contribution is -0.137. The smallest absolute Gasteiger partial charge is 0.303 e. The fraction of sp³-hybridized carbons (Fsp3) is 0.929. The van der Waals surface area contributed by atoms with Crippen LogP contribution in [0.15, 0.2) is 0 Å². The second kappa shape index (κ2) is 8.51. The van der Waals surface area contributed by atoms with Crippen molar-refractivity contribution in [1.29, 1.82) is 0 Å². The lowest BCUT2D eigenvalue weighted by Gasteiger charge is -2.24. The Bertz CT molecular complexity index is 210. The highest BCUT2D eigenvalue weighted by atomic mass is 16.4. The molecule has 0 unspecified atom stereocenters. The maximum Gasteiger partial charge on any atom is 0.303 e. The van der Waals surface area contributed by atoms with Crippen LogP contribution in [0.1, 0.15) is 59.8 Å². The van der Waals surface area contributed by atoms with Gasteiger partial charge in [-0.15, -0.1) is 0 Å². The molecule has 0 heterocycles. The van der Waals surface area contributed by atoms with E-state index in [4.69, 9.17) is 5.11 Å². The van der Waals surface area contributed by atoms with Crippen molar-refractivity contribution >= 4 is 5.97 Å². The summed E-state index contributed by atoms with van der Waals surface area (Å²) in [5.74, 6) is 0.0835. The summed E-state index contributed by atoms with van der Waals surface area (Å²) >= 11 is 0. The number of hydrogen-bond donors (Lipinski definition) is 2. The monoisotopic (exact) mass is 243 g/mol. The molecule has 0 atom stereocenters. The van der Waals surface area contributed by atoms with Crippen molar-refractivity contribution in [3.63, 3.8) is 0 Å². The van der Waals surface area contributed by atoms with Crippen LogP contribution in [0.5, 0.6) is 0 Å². The van der Waals surface area contributed by atoms with E-state index in [9.17, 15) is 4.79 Å². The molecule has 0 rings (SSSR count). The zero-order chi connectivity index (χ0) is 13.3. The average molecular weight is 243 g/mol. The van der Waals surface area contributed by atoms with Gasteiger partial charge in [0.05, 0.1) is 0 Å². The zero-order valence-corrected chi connectivity index (χ0v) is 11.9. The number of nitrogens with one attached hydrogen (secondary N) is 1. The summed E-state index contributed by atoms with van der Waals surface area (Å²) in [5, 5.41) is 12.2. The molecule has 2 N–H and O–H groups in total. The van der Waals surface area contributed by atoms with E-state index >= 15 is 0 Å². The second-order valence-corrected chi connectivity index (χ2v) is 5.69. The van der Waals surface area contributed by atoms with E-state index < -0.39 is 5.97 Å². The summed E-state index contributed by atoms with van der Waals surface area (Å²) in [6.45, 7) is 10.8. The SMILES string of the molecule is CCC(CC)CNCCC(C)(C)CCC(=O)O. The topological polar surface area (TPSA) is 49.3 Å². The fourth-order valence-electron chi connectivity index (χ4n) is 1.88. The Labute approximate surface area is 106 Å². The summed E-state index contributed by atoms with van der Waals surface area (Å²) in [6, 6.07) is 0. The van der Waals surface area contributed by atoms with E-state index in [-0.39, 0.29) is 11.8 Å². The number of carboxylic acids is 1. The van der Waals surface area contributed by atoms with Crippen molar-refractivity contribution in [3.05, 3.63) is 0 Å². The molecule has 0 fully saturated rings. The van der Waals surface area contributed by atoms with Gasteiger partial charge in [0.15, 0.2) is 0 Å². The summed E-state index contributed by atoms with van der Waals surface area (Å²) in [5.41, 5.74) is 0.124. The van der Waals surface area contributed by atoms with Gasteiger partial charge in [0.2, 0.25) is 0 Å². The van der Waals surface area contributed by atoms with Crippen molar-refractivity contribution in [2.45, 2.75) is 59.8 Å². The molecule has 0 aromatic rings. The number of aliphatic carboxylic acids is 1. The summed E-state index contributed by atoms with van der Waals surface area (Å²) in [4.78, 5) is 10.5. The van der Waals surface area contributed by atoms with Crippen LogP contribution in [0.4, 0.5) is 0 Å². The Hall–Kier alpha value is -0.570. The van der Waals surface area contributed by atoms with E-state index in [1.807, 2.05) is 0 Å². The normalized spacial score (nSPS) is 12.1. The molecule has 0 saturated carbocycles. The van der Waals surface area contributed by atoms with Gasteiger partial charge in [0.1, 0.15) is 0 Å². The Morgan fingerprint density at radius 1 is 1.24 bits per heavy atom. The molecular weight excluding hydrogens is 214 g/mol. The van der Waals surface area contributed by atoms with Gasteiger partial charge in [-0.1, -0.05) is 40.5 Å². The van der Waals surface area contributed by atoms with Gasteiger partial charge in [0.25, 0.3) is 0 Å². The number of carbonyl (C=O) groups is 1. The molecule has 0 aliphatic rings. The summed E-state index contributed by atoms with van der Waals surface area (Å²) in [7, 11) is 0. The molecule has 17 heavy (non-hydrogen) atoms. The van der Waals surface area contributed by atoms with Crippen LogP contribution in [0, 0.1) is 11.3 Å². The third kappa shape index (κ3) is 9.16. The third-order valence-electron chi connectivity index (χ3n) is 3.58. The van der Waals surface area contributed by atoms with Crippen LogP contribution in [0.3, 0.4) is 0 Å². The summed E-state index contributed by atoms with van der Waals surface area (Å²) < 4.78 is 0. The van der Waals surface area contributed by atoms with Gasteiger partial charge in [-0.2, -0.15) is 0 Å². The first kappa shape index (κ1) is 16.4. The quantitative estimate of drug-likeness (QED) is 0.579.